The number of pyridine rings is 1. The van der Waals surface area contributed by atoms with Crippen molar-refractivity contribution < 1.29 is 8.42 Å². The van der Waals surface area contributed by atoms with Crippen LogP contribution in [0.3, 0.4) is 0 Å². The van der Waals surface area contributed by atoms with Crippen molar-refractivity contribution >= 4 is 20.7 Å². The van der Waals surface area contributed by atoms with Gasteiger partial charge in [0.15, 0.2) is 9.84 Å². The SMILES string of the molecule is NNC(c1cccc2cccnc12)C1CCS(=O)(=O)C1. The van der Waals surface area contributed by atoms with Gasteiger partial charge in [-0.05, 0) is 24.0 Å². The number of benzene rings is 1. The summed E-state index contributed by atoms with van der Waals surface area (Å²) in [5.74, 6) is 6.12. The van der Waals surface area contributed by atoms with Crippen LogP contribution in [0.25, 0.3) is 10.9 Å². The molecule has 1 aliphatic heterocycles. The van der Waals surface area contributed by atoms with Gasteiger partial charge in [0.25, 0.3) is 0 Å². The van der Waals surface area contributed by atoms with Crippen molar-refractivity contribution in [2.24, 2.45) is 11.8 Å². The minimum Gasteiger partial charge on any atom is -0.271 e. The van der Waals surface area contributed by atoms with E-state index >= 15 is 0 Å². The maximum atomic E-state index is 11.7. The van der Waals surface area contributed by atoms with Crippen LogP contribution in [0.5, 0.6) is 0 Å². The van der Waals surface area contributed by atoms with Gasteiger partial charge in [0.05, 0.1) is 23.1 Å². The lowest BCUT2D eigenvalue weighted by Gasteiger charge is -2.23. The molecule has 2 aromatic rings. The zero-order valence-electron chi connectivity index (χ0n) is 11.0. The molecule has 1 aromatic carbocycles. The minimum absolute atomic E-state index is 0.00222. The average molecular weight is 291 g/mol. The Labute approximate surface area is 118 Å². The van der Waals surface area contributed by atoms with E-state index in [4.69, 9.17) is 5.84 Å². The molecule has 0 spiro atoms. The van der Waals surface area contributed by atoms with E-state index in [0.29, 0.717) is 6.42 Å². The van der Waals surface area contributed by atoms with Crippen LogP contribution in [-0.2, 0) is 9.84 Å². The maximum absolute atomic E-state index is 11.7. The standard InChI is InChI=1S/C14H17N3O2S/c15-17-14(11-6-8-20(18,19)9-11)12-5-1-3-10-4-2-7-16-13(10)12/h1-5,7,11,14,17H,6,8-9,15H2. The van der Waals surface area contributed by atoms with Gasteiger partial charge in [-0.3, -0.25) is 16.3 Å². The Balaban J connectivity index is 2.04. The Kier molecular flexibility index (Phi) is 3.45. The molecule has 1 aromatic heterocycles. The number of rotatable bonds is 3. The number of nitrogens with two attached hydrogens (primary N) is 1. The molecular formula is C14H17N3O2S. The maximum Gasteiger partial charge on any atom is 0.150 e. The summed E-state index contributed by atoms with van der Waals surface area (Å²) in [5.41, 5.74) is 4.63. The molecular weight excluding hydrogens is 274 g/mol. The molecule has 0 saturated carbocycles. The molecule has 3 N–H and O–H groups in total. The Hall–Kier alpha value is -1.50. The van der Waals surface area contributed by atoms with Crippen molar-refractivity contribution in [3.63, 3.8) is 0 Å². The number of hydrogen-bond donors (Lipinski definition) is 2. The molecule has 2 atom stereocenters. The van der Waals surface area contributed by atoms with Crippen LogP contribution in [0.2, 0.25) is 0 Å². The monoisotopic (exact) mass is 291 g/mol. The fourth-order valence-electron chi connectivity index (χ4n) is 2.95. The molecule has 2 heterocycles. The van der Waals surface area contributed by atoms with E-state index in [-0.39, 0.29) is 23.5 Å². The van der Waals surface area contributed by atoms with Crippen LogP contribution in [0.1, 0.15) is 18.0 Å². The molecule has 2 unspecified atom stereocenters. The second-order valence-electron chi connectivity index (χ2n) is 5.23. The lowest BCUT2D eigenvalue weighted by atomic mass is 9.91. The summed E-state index contributed by atoms with van der Waals surface area (Å²) in [6.07, 6.45) is 2.38. The molecule has 0 amide bonds. The van der Waals surface area contributed by atoms with Crippen molar-refractivity contribution in [2.45, 2.75) is 12.5 Å². The normalized spacial score (nSPS) is 22.9. The highest BCUT2D eigenvalue weighted by Gasteiger charge is 2.34. The summed E-state index contributed by atoms with van der Waals surface area (Å²) >= 11 is 0. The summed E-state index contributed by atoms with van der Waals surface area (Å²) in [4.78, 5) is 4.41. The van der Waals surface area contributed by atoms with Gasteiger partial charge in [0, 0.05) is 11.6 Å². The second-order valence-corrected chi connectivity index (χ2v) is 7.46. The third kappa shape index (κ3) is 2.42. The zero-order valence-corrected chi connectivity index (χ0v) is 11.8. The van der Waals surface area contributed by atoms with Gasteiger partial charge in [0.2, 0.25) is 0 Å². The van der Waals surface area contributed by atoms with Crippen molar-refractivity contribution in [1.29, 1.82) is 0 Å². The van der Waals surface area contributed by atoms with E-state index in [0.717, 1.165) is 16.5 Å². The second kappa shape index (κ2) is 5.12. The number of fused-ring (bicyclic) bond motifs is 1. The number of hydrogen-bond acceptors (Lipinski definition) is 5. The molecule has 0 aliphatic carbocycles. The van der Waals surface area contributed by atoms with Crippen LogP contribution < -0.4 is 11.3 Å². The topological polar surface area (TPSA) is 85.1 Å². The molecule has 3 rings (SSSR count). The first-order valence-electron chi connectivity index (χ1n) is 6.61. The number of para-hydroxylation sites is 1. The first-order chi connectivity index (χ1) is 9.61. The Bertz CT molecular complexity index is 725. The van der Waals surface area contributed by atoms with Crippen LogP contribution in [0.15, 0.2) is 36.5 Å². The lowest BCUT2D eigenvalue weighted by molar-refractivity contribution is 0.401. The molecule has 6 heteroatoms. The third-order valence-electron chi connectivity index (χ3n) is 3.92. The van der Waals surface area contributed by atoms with Crippen molar-refractivity contribution in [3.05, 3.63) is 42.1 Å². The van der Waals surface area contributed by atoms with Crippen LogP contribution in [0, 0.1) is 5.92 Å². The van der Waals surface area contributed by atoms with Gasteiger partial charge in [0.1, 0.15) is 0 Å². The van der Waals surface area contributed by atoms with Crippen LogP contribution in [-0.4, -0.2) is 24.9 Å². The number of nitrogens with one attached hydrogen (secondary N) is 1. The fourth-order valence-corrected chi connectivity index (χ4v) is 4.79. The van der Waals surface area contributed by atoms with Gasteiger partial charge in [-0.1, -0.05) is 24.3 Å². The highest BCUT2D eigenvalue weighted by molar-refractivity contribution is 7.91. The van der Waals surface area contributed by atoms with Crippen molar-refractivity contribution in [3.8, 4) is 0 Å². The molecule has 1 saturated heterocycles. The van der Waals surface area contributed by atoms with E-state index in [2.05, 4.69) is 10.4 Å². The predicted octanol–water partition coefficient (Wildman–Crippen LogP) is 1.17. The highest BCUT2D eigenvalue weighted by Crippen LogP contribution is 2.33. The van der Waals surface area contributed by atoms with Gasteiger partial charge in [-0.2, -0.15) is 0 Å². The lowest BCUT2D eigenvalue weighted by Crippen LogP contribution is -2.34. The molecule has 106 valence electrons. The molecule has 20 heavy (non-hydrogen) atoms. The number of sulfone groups is 1. The summed E-state index contributed by atoms with van der Waals surface area (Å²) in [5, 5.41) is 1.03. The molecule has 1 fully saturated rings. The number of nitrogens with zero attached hydrogens (tertiary/aromatic N) is 1. The molecule has 0 bridgehead atoms. The number of hydrazine groups is 1. The van der Waals surface area contributed by atoms with Crippen LogP contribution >= 0.6 is 0 Å². The summed E-state index contributed by atoms with van der Waals surface area (Å²) in [7, 11) is -2.93. The Morgan fingerprint density at radius 2 is 2.10 bits per heavy atom. The smallest absolute Gasteiger partial charge is 0.150 e. The van der Waals surface area contributed by atoms with Gasteiger partial charge in [-0.15, -0.1) is 0 Å². The molecule has 5 nitrogen and oxygen atoms in total. The average Bonchev–Trinajstić information content (AvgIpc) is 2.80. The Morgan fingerprint density at radius 3 is 2.80 bits per heavy atom. The van der Waals surface area contributed by atoms with E-state index in [9.17, 15) is 8.42 Å². The van der Waals surface area contributed by atoms with Gasteiger partial charge in [-0.25, -0.2) is 8.42 Å². The molecule has 1 aliphatic rings. The van der Waals surface area contributed by atoms with Crippen molar-refractivity contribution in [1.82, 2.24) is 10.4 Å². The van der Waals surface area contributed by atoms with E-state index in [1.165, 1.54) is 0 Å². The van der Waals surface area contributed by atoms with Crippen LogP contribution in [0.4, 0.5) is 0 Å². The Morgan fingerprint density at radius 1 is 1.30 bits per heavy atom. The van der Waals surface area contributed by atoms with E-state index in [1.54, 1.807) is 6.20 Å². The van der Waals surface area contributed by atoms with Gasteiger partial charge >= 0.3 is 0 Å². The van der Waals surface area contributed by atoms with Crippen molar-refractivity contribution in [2.75, 3.05) is 11.5 Å². The van der Waals surface area contributed by atoms with E-state index < -0.39 is 9.84 Å². The highest BCUT2D eigenvalue weighted by atomic mass is 32.2. The number of aromatic nitrogens is 1. The summed E-state index contributed by atoms with van der Waals surface area (Å²) in [6, 6.07) is 9.59. The first kappa shape index (κ1) is 13.5. The zero-order chi connectivity index (χ0) is 14.2. The summed E-state index contributed by atoms with van der Waals surface area (Å²) < 4.78 is 23.3. The third-order valence-corrected chi connectivity index (χ3v) is 5.71. The largest absolute Gasteiger partial charge is 0.271 e. The minimum atomic E-state index is -2.93. The fraction of sp³-hybridized carbons (Fsp3) is 0.357. The van der Waals surface area contributed by atoms with E-state index in [1.807, 2.05) is 30.3 Å². The first-order valence-corrected chi connectivity index (χ1v) is 8.43. The summed E-state index contributed by atoms with van der Waals surface area (Å²) in [6.45, 7) is 0. The van der Waals surface area contributed by atoms with Gasteiger partial charge < -0.3 is 0 Å². The predicted molar refractivity (Wildman–Crippen MR) is 78.6 cm³/mol. The molecule has 0 radical (unpaired) electrons. The quantitative estimate of drug-likeness (QED) is 0.655.